The summed E-state index contributed by atoms with van der Waals surface area (Å²) in [7, 11) is 0. The molecule has 2 aliphatic rings. The third kappa shape index (κ3) is 14.2. The normalized spacial score (nSPS) is 13.6. The molecule has 8 aromatic rings. The van der Waals surface area contributed by atoms with Gasteiger partial charge in [-0.25, -0.2) is 0 Å². The molecule has 0 fully saturated rings. The van der Waals surface area contributed by atoms with Crippen LogP contribution in [0.4, 0.5) is 0 Å². The Morgan fingerprint density at radius 3 is 1.39 bits per heavy atom. The molecule has 0 bridgehead atoms. The van der Waals surface area contributed by atoms with Crippen molar-refractivity contribution in [3.05, 3.63) is 130 Å². The molecule has 0 saturated heterocycles. The van der Waals surface area contributed by atoms with Gasteiger partial charge in [-0.3, -0.25) is 0 Å². The van der Waals surface area contributed by atoms with Gasteiger partial charge in [0.15, 0.2) is 23.0 Å². The number of unbranched alkanes of at least 4 members (excludes halogenated alkanes) is 8. The Hall–Kier alpha value is -6.60. The first-order valence-electron chi connectivity index (χ1n) is 30.5. The molecule has 11 heteroatoms. The maximum Gasteiger partial charge on any atom is 0.180 e. The number of nitriles is 2. The number of thiophene rings is 4. The molecule has 0 amide bonds. The molecule has 7 nitrogen and oxygen atoms in total. The minimum Gasteiger partial charge on any atom is -0.485 e. The molecule has 5 aromatic heterocycles. The van der Waals surface area contributed by atoms with Crippen LogP contribution in [0.2, 0.25) is 0 Å². The highest BCUT2D eigenvalue weighted by molar-refractivity contribution is 7.18. The van der Waals surface area contributed by atoms with E-state index in [1.165, 1.54) is 103 Å². The van der Waals surface area contributed by atoms with Crippen LogP contribution in [-0.4, -0.2) is 31.0 Å². The number of ether oxygens (including phenoxy) is 4. The van der Waals surface area contributed by atoms with Crippen molar-refractivity contribution in [2.75, 3.05) is 26.4 Å². The molecule has 0 N–H and O–H groups in total. The fourth-order valence-corrected chi connectivity index (χ4v) is 16.0. The van der Waals surface area contributed by atoms with Crippen LogP contribution in [0, 0.1) is 28.6 Å². The first-order chi connectivity index (χ1) is 40.7. The number of aromatic nitrogens is 1. The SMILES string of the molecule is CCCCCCc1cc(/C=C/c2sc(-c3ccc4c(c3)c3cc(-c5sc(/C=C/c6cc(CCCCCC)c(C=C(C)C#N)s6)c6c5OCCO6)ccc3n4-c3ccc(CC(CCCC)CCCC)cc3)c3c2OCCO3)sc1C=C(C)C#N. The van der Waals surface area contributed by atoms with E-state index in [9.17, 15) is 10.5 Å². The lowest BCUT2D eigenvalue weighted by Crippen LogP contribution is -2.14. The summed E-state index contributed by atoms with van der Waals surface area (Å²) in [5.41, 5.74) is 11.0. The van der Waals surface area contributed by atoms with E-state index in [-0.39, 0.29) is 0 Å². The molecule has 0 aliphatic carbocycles. The van der Waals surface area contributed by atoms with Gasteiger partial charge in [0.25, 0.3) is 0 Å². The number of hydrogen-bond acceptors (Lipinski definition) is 10. The van der Waals surface area contributed by atoms with Crippen molar-refractivity contribution in [2.45, 2.75) is 151 Å². The van der Waals surface area contributed by atoms with Gasteiger partial charge in [0, 0.05) is 47.1 Å². The predicted molar refractivity (Wildman–Crippen MR) is 356 cm³/mol. The highest BCUT2D eigenvalue weighted by atomic mass is 32.1. The summed E-state index contributed by atoms with van der Waals surface area (Å²) in [6.07, 6.45) is 33.2. The molecule has 83 heavy (non-hydrogen) atoms. The summed E-state index contributed by atoms with van der Waals surface area (Å²) in [4.78, 5) is 8.80. The molecule has 7 heterocycles. The number of aryl methyl sites for hydroxylation is 2. The Bertz CT molecular complexity index is 3530. The van der Waals surface area contributed by atoms with Crippen molar-refractivity contribution in [1.82, 2.24) is 4.57 Å². The van der Waals surface area contributed by atoms with Gasteiger partial charge in [-0.05, 0) is 165 Å². The summed E-state index contributed by atoms with van der Waals surface area (Å²) < 4.78 is 28.4. The standard InChI is InChI=1S/C72H79N3O4S4/c1-7-11-15-17-21-52-42-57(80-65(52)39-48(5)46-73)29-33-63-67-69(78-37-35-76-67)71(82-63)54-25-31-61-59(44-54)60-45-55(26-32-62(60)75(61)56-27-23-51(24-28-56)41-50(19-13-9-3)20-14-10-4)72-70-68(77-36-38-79-70)64(83-72)34-30-58-43-53(22-18-16-12-8-2)66(81-58)40-49(6)47-74/h23-34,39-40,42-45,50H,7-22,35-38,41H2,1-6H3/b33-29+,34-30+,48-39?,49-40?. The van der Waals surface area contributed by atoms with Crippen molar-refractivity contribution in [2.24, 2.45) is 5.92 Å². The van der Waals surface area contributed by atoms with Gasteiger partial charge in [0.1, 0.15) is 26.4 Å². The number of nitrogens with zero attached hydrogens (tertiary/aromatic N) is 3. The maximum atomic E-state index is 9.67. The molecule has 10 rings (SSSR count). The Labute approximate surface area is 508 Å². The van der Waals surface area contributed by atoms with Gasteiger partial charge in [0.05, 0.1) is 42.7 Å². The van der Waals surface area contributed by atoms with E-state index < -0.39 is 0 Å². The minimum absolute atomic E-state index is 0.487. The number of hydrogen-bond donors (Lipinski definition) is 0. The Kier molecular flexibility index (Phi) is 20.7. The van der Waals surface area contributed by atoms with Crippen LogP contribution >= 0.6 is 45.3 Å². The molecular weight excluding hydrogens is 1100 g/mol. The lowest BCUT2D eigenvalue weighted by Gasteiger charge is -2.17. The summed E-state index contributed by atoms with van der Waals surface area (Å²) >= 11 is 6.91. The predicted octanol–water partition coefficient (Wildman–Crippen LogP) is 21.9. The topological polar surface area (TPSA) is 89.4 Å². The molecule has 0 spiro atoms. The number of fused-ring (bicyclic) bond motifs is 5. The first kappa shape index (κ1) is 59.6. The molecular formula is C72H79N3O4S4. The first-order valence-corrected chi connectivity index (χ1v) is 33.8. The lowest BCUT2D eigenvalue weighted by molar-refractivity contribution is 0.174. The largest absolute Gasteiger partial charge is 0.485 e. The molecule has 0 saturated carbocycles. The van der Waals surface area contributed by atoms with E-state index in [4.69, 9.17) is 18.9 Å². The second-order valence-electron chi connectivity index (χ2n) is 22.4. The van der Waals surface area contributed by atoms with E-state index in [0.717, 1.165) is 134 Å². The average Bonchev–Trinajstić information content (AvgIpc) is 3.25. The average molecular weight is 1180 g/mol. The summed E-state index contributed by atoms with van der Waals surface area (Å²) in [6.45, 7) is 14.8. The molecule has 430 valence electrons. The van der Waals surface area contributed by atoms with Gasteiger partial charge in [-0.1, -0.05) is 129 Å². The monoisotopic (exact) mass is 1180 g/mol. The fraction of sp³-hybridized carbons (Fsp3) is 0.389. The summed E-state index contributed by atoms with van der Waals surface area (Å²) in [6, 6.07) is 32.4. The van der Waals surface area contributed by atoms with Crippen LogP contribution in [0.15, 0.2) is 83.9 Å². The van der Waals surface area contributed by atoms with E-state index >= 15 is 0 Å². The number of allylic oxidation sites excluding steroid dienone is 2. The Morgan fingerprint density at radius 1 is 0.506 bits per heavy atom. The van der Waals surface area contributed by atoms with Crippen molar-refractivity contribution in [3.63, 3.8) is 0 Å². The van der Waals surface area contributed by atoms with Crippen LogP contribution in [0.1, 0.15) is 177 Å². The van der Waals surface area contributed by atoms with Crippen LogP contribution in [0.25, 0.3) is 84.8 Å². The molecule has 0 unspecified atom stereocenters. The zero-order valence-electron chi connectivity index (χ0n) is 49.4. The molecule has 0 radical (unpaired) electrons. The lowest BCUT2D eigenvalue weighted by atomic mass is 9.90. The number of benzene rings is 3. The zero-order valence-corrected chi connectivity index (χ0v) is 52.7. The third-order valence-corrected chi connectivity index (χ3v) is 20.5. The van der Waals surface area contributed by atoms with Crippen LogP contribution < -0.4 is 18.9 Å². The smallest absolute Gasteiger partial charge is 0.180 e. The van der Waals surface area contributed by atoms with Gasteiger partial charge in [0.2, 0.25) is 0 Å². The highest BCUT2D eigenvalue weighted by Gasteiger charge is 2.28. The number of rotatable bonds is 27. The van der Waals surface area contributed by atoms with Gasteiger partial charge < -0.3 is 23.5 Å². The second-order valence-corrected chi connectivity index (χ2v) is 26.7. The summed E-state index contributed by atoms with van der Waals surface area (Å²) in [5.74, 6) is 3.89. The van der Waals surface area contributed by atoms with E-state index in [1.807, 2.05) is 26.0 Å². The third-order valence-electron chi connectivity index (χ3n) is 16.0. The Morgan fingerprint density at radius 2 is 0.952 bits per heavy atom. The maximum absolute atomic E-state index is 9.67. The van der Waals surface area contributed by atoms with E-state index in [1.54, 1.807) is 45.3 Å². The van der Waals surface area contributed by atoms with Gasteiger partial charge >= 0.3 is 0 Å². The fourth-order valence-electron chi connectivity index (χ4n) is 11.6. The summed E-state index contributed by atoms with van der Waals surface area (Å²) in [5, 5.41) is 21.6. The van der Waals surface area contributed by atoms with Crippen molar-refractivity contribution in [1.29, 1.82) is 10.5 Å². The minimum atomic E-state index is 0.487. The highest BCUT2D eigenvalue weighted by Crippen LogP contribution is 2.53. The van der Waals surface area contributed by atoms with Crippen molar-refractivity contribution >= 4 is 104 Å². The van der Waals surface area contributed by atoms with Gasteiger partial charge in [-0.2, -0.15) is 10.5 Å². The van der Waals surface area contributed by atoms with E-state index in [0.29, 0.717) is 32.3 Å². The zero-order chi connectivity index (χ0) is 57.7. The van der Waals surface area contributed by atoms with Crippen LogP contribution in [0.3, 0.4) is 0 Å². The van der Waals surface area contributed by atoms with Crippen LogP contribution in [0.5, 0.6) is 23.0 Å². The van der Waals surface area contributed by atoms with Crippen LogP contribution in [-0.2, 0) is 19.3 Å². The quantitative estimate of drug-likeness (QED) is 0.0376. The Balaban J connectivity index is 1.05. The molecule has 3 aromatic carbocycles. The van der Waals surface area contributed by atoms with E-state index in [2.05, 4.69) is 142 Å². The molecule has 2 aliphatic heterocycles. The van der Waals surface area contributed by atoms with Gasteiger partial charge in [-0.15, -0.1) is 45.3 Å². The molecule has 0 atom stereocenters. The second kappa shape index (κ2) is 28.8. The van der Waals surface area contributed by atoms with Crippen molar-refractivity contribution < 1.29 is 18.9 Å². The van der Waals surface area contributed by atoms with Crippen molar-refractivity contribution in [3.8, 4) is 61.7 Å².